The molecule has 2 bridgehead atoms. The molecule has 3 nitrogen and oxygen atoms in total. The zero-order valence-electron chi connectivity index (χ0n) is 9.17. The maximum atomic E-state index is 12.2. The number of rotatable bonds is 0. The number of hydrogen-bond donors (Lipinski definition) is 0. The van der Waals surface area contributed by atoms with Gasteiger partial charge in [0.25, 0.3) is 0 Å². The number of nitrogens with zero attached hydrogens (tertiary/aromatic N) is 1. The monoisotopic (exact) mass is 212 g/mol. The van der Waals surface area contributed by atoms with Gasteiger partial charge in [0.1, 0.15) is 0 Å². The third kappa shape index (κ3) is 1.37. The molecule has 2 rings (SSSR count). The van der Waals surface area contributed by atoms with Crippen LogP contribution in [-0.2, 0) is 9.53 Å². The van der Waals surface area contributed by atoms with Crippen molar-refractivity contribution in [3.8, 4) is 0 Å². The third-order valence-electron chi connectivity index (χ3n) is 2.42. The van der Waals surface area contributed by atoms with Gasteiger partial charge in [0.05, 0.1) is 26.1 Å². The molecule has 0 aliphatic carbocycles. The van der Waals surface area contributed by atoms with E-state index in [4.69, 9.17) is 7.48 Å². The number of ether oxygens (including phenoxy) is 1. The number of alkyl halides is 3. The molecule has 0 N–H and O–H groups in total. The van der Waals surface area contributed by atoms with E-state index in [9.17, 15) is 18.0 Å². The Morgan fingerprint density at radius 2 is 2.57 bits per heavy atom. The Morgan fingerprint density at radius 1 is 1.86 bits per heavy atom. The number of hydrogen-bond acceptors (Lipinski definition) is 2. The van der Waals surface area contributed by atoms with Crippen molar-refractivity contribution in [2.75, 3.05) is 13.1 Å². The highest BCUT2D eigenvalue weighted by atomic mass is 19.4. The summed E-state index contributed by atoms with van der Waals surface area (Å²) in [6.07, 6.45) is -4.78. The minimum absolute atomic E-state index is 0.145. The van der Waals surface area contributed by atoms with Crippen LogP contribution in [0.1, 0.15) is 16.1 Å². The van der Waals surface area contributed by atoms with Crippen LogP contribution >= 0.6 is 0 Å². The van der Waals surface area contributed by atoms with Gasteiger partial charge in [-0.15, -0.1) is 0 Å². The fraction of sp³-hybridized carbons (Fsp3) is 0.875. The number of likely N-dealkylation sites (tertiary alicyclic amines) is 1. The molecule has 2 heterocycles. The summed E-state index contributed by atoms with van der Waals surface area (Å²) < 4.78 is 56.5. The lowest BCUT2D eigenvalue weighted by atomic mass is 10.1. The maximum absolute atomic E-state index is 12.2. The van der Waals surface area contributed by atoms with E-state index in [1.54, 1.807) is 0 Å². The molecule has 2 aliphatic rings. The van der Waals surface area contributed by atoms with E-state index in [1.807, 2.05) is 0 Å². The number of amides is 1. The average molecular weight is 212 g/mol. The Kier molecular flexibility index (Phi) is 1.41. The summed E-state index contributed by atoms with van der Waals surface area (Å²) in [4.78, 5) is 11.7. The van der Waals surface area contributed by atoms with Gasteiger partial charge < -0.3 is 9.64 Å². The van der Waals surface area contributed by atoms with E-state index >= 15 is 0 Å². The van der Waals surface area contributed by atoms with Gasteiger partial charge in [0.2, 0.25) is 0 Å². The topological polar surface area (TPSA) is 29.5 Å². The smallest absolute Gasteiger partial charge is 0.371 e. The van der Waals surface area contributed by atoms with Crippen LogP contribution in [0.5, 0.6) is 0 Å². The van der Waals surface area contributed by atoms with Gasteiger partial charge in [-0.2, -0.15) is 13.2 Å². The van der Waals surface area contributed by atoms with Crippen molar-refractivity contribution < 1.29 is 25.4 Å². The molecule has 3 atom stereocenters. The van der Waals surface area contributed by atoms with Crippen LogP contribution in [0.4, 0.5) is 13.2 Å². The zero-order valence-corrected chi connectivity index (χ0v) is 7.17. The first-order chi connectivity index (χ1) is 7.29. The first kappa shape index (κ1) is 7.50. The summed E-state index contributed by atoms with van der Waals surface area (Å²) in [5, 5.41) is 0. The van der Waals surface area contributed by atoms with Crippen molar-refractivity contribution >= 4 is 5.91 Å². The van der Waals surface area contributed by atoms with Crippen molar-refractivity contribution in [1.29, 1.82) is 0 Å². The SMILES string of the molecule is [2H]C[C@]12C[C@H]([C@H]([3H])O1)N(C(=O)C(F)(F)F)C2. The molecular formula is C8H10F3NO2. The van der Waals surface area contributed by atoms with Gasteiger partial charge >= 0.3 is 12.1 Å². The van der Waals surface area contributed by atoms with Crippen LogP contribution in [0, 0.1) is 0 Å². The minimum Gasteiger partial charge on any atom is -0.371 e. The molecule has 0 aromatic carbocycles. The fourth-order valence-electron chi connectivity index (χ4n) is 1.80. The number of carbonyl (C=O) groups is 1. The molecule has 0 saturated carbocycles. The Hall–Kier alpha value is -0.780. The first-order valence-electron chi connectivity index (χ1n) is 5.35. The zero-order chi connectivity index (χ0) is 12.1. The second-order valence-corrected chi connectivity index (χ2v) is 3.64. The average Bonchev–Trinajstić information content (AvgIpc) is 2.70. The third-order valence-corrected chi connectivity index (χ3v) is 2.42. The summed E-state index contributed by atoms with van der Waals surface area (Å²) >= 11 is 0. The van der Waals surface area contributed by atoms with E-state index in [0.717, 1.165) is 0 Å². The van der Waals surface area contributed by atoms with Crippen molar-refractivity contribution in [3.63, 3.8) is 0 Å². The van der Waals surface area contributed by atoms with E-state index in [-0.39, 0.29) is 19.9 Å². The summed E-state index contributed by atoms with van der Waals surface area (Å²) in [7, 11) is 0. The summed E-state index contributed by atoms with van der Waals surface area (Å²) in [5.41, 5.74) is -1.07. The minimum atomic E-state index is -4.92. The van der Waals surface area contributed by atoms with Crippen molar-refractivity contribution in [1.82, 2.24) is 4.90 Å². The summed E-state index contributed by atoms with van der Waals surface area (Å²) in [6, 6.07) is -0.875. The largest absolute Gasteiger partial charge is 0.471 e. The van der Waals surface area contributed by atoms with Crippen LogP contribution in [0.3, 0.4) is 0 Å². The highest BCUT2D eigenvalue weighted by Gasteiger charge is 2.55. The normalized spacial score (nSPS) is 43.8. The van der Waals surface area contributed by atoms with Gasteiger partial charge in [-0.1, -0.05) is 0 Å². The van der Waals surface area contributed by atoms with Crippen LogP contribution < -0.4 is 0 Å². The predicted octanol–water partition coefficient (Wildman–Crippen LogP) is 0.939. The van der Waals surface area contributed by atoms with E-state index in [0.29, 0.717) is 4.90 Å². The fourth-order valence-corrected chi connectivity index (χ4v) is 1.80. The molecule has 0 spiro atoms. The van der Waals surface area contributed by atoms with Gasteiger partial charge in [0, 0.05) is 7.79 Å². The molecule has 14 heavy (non-hydrogen) atoms. The van der Waals surface area contributed by atoms with Crippen LogP contribution in [0.2, 0.25) is 0 Å². The molecule has 1 amide bonds. The Bertz CT molecular complexity index is 325. The molecule has 0 unspecified atom stereocenters. The molecule has 0 radical (unpaired) electrons. The van der Waals surface area contributed by atoms with Crippen molar-refractivity contribution in [2.45, 2.75) is 31.1 Å². The standard InChI is InChI=1S/C8H10F3NO2/c1-7-2-5(3-14-7)12(4-7)6(13)8(9,10)11/h5H,2-4H2,1H3/t5-,7-/m1/s1/i1D,3T/t3-,5+,7+/m0. The Labute approximate surface area is 81.6 Å². The van der Waals surface area contributed by atoms with E-state index in [1.165, 1.54) is 0 Å². The predicted molar refractivity (Wildman–Crippen MR) is 40.5 cm³/mol. The molecule has 2 fully saturated rings. The number of fused-ring (bicyclic) bond motifs is 2. The molecule has 2 saturated heterocycles. The molecule has 80 valence electrons. The lowest BCUT2D eigenvalue weighted by molar-refractivity contribution is -0.190. The molecule has 0 aromatic heterocycles. The highest BCUT2D eigenvalue weighted by molar-refractivity contribution is 5.82. The second-order valence-electron chi connectivity index (χ2n) is 3.64. The molecular weight excluding hydrogens is 199 g/mol. The first-order valence-corrected chi connectivity index (χ1v) is 4.06. The maximum Gasteiger partial charge on any atom is 0.471 e. The van der Waals surface area contributed by atoms with Gasteiger partial charge in [-0.25, -0.2) is 0 Å². The molecule has 2 aliphatic heterocycles. The number of halogens is 3. The highest BCUT2D eigenvalue weighted by Crippen LogP contribution is 2.38. The second kappa shape index (κ2) is 2.62. The van der Waals surface area contributed by atoms with E-state index < -0.39 is 30.3 Å². The Morgan fingerprint density at radius 3 is 3.07 bits per heavy atom. The van der Waals surface area contributed by atoms with E-state index in [2.05, 4.69) is 0 Å². The Balaban J connectivity index is 2.19. The summed E-state index contributed by atoms with van der Waals surface area (Å²) in [6.45, 7) is -1.65. The van der Waals surface area contributed by atoms with Crippen LogP contribution in [-0.4, -0.2) is 41.8 Å². The van der Waals surface area contributed by atoms with Crippen molar-refractivity contribution in [3.05, 3.63) is 0 Å². The van der Waals surface area contributed by atoms with Gasteiger partial charge in [-0.05, 0) is 6.90 Å². The lowest BCUT2D eigenvalue weighted by Crippen LogP contribution is -2.49. The quantitative estimate of drug-likeness (QED) is 0.598. The van der Waals surface area contributed by atoms with Gasteiger partial charge in [-0.3, -0.25) is 4.79 Å². The number of carbonyl (C=O) groups excluding carboxylic acids is 1. The van der Waals surface area contributed by atoms with Crippen molar-refractivity contribution in [2.24, 2.45) is 0 Å². The van der Waals surface area contributed by atoms with Gasteiger partial charge in [0.15, 0.2) is 0 Å². The molecule has 0 aromatic rings. The lowest BCUT2D eigenvalue weighted by Gasteiger charge is -2.30. The summed E-state index contributed by atoms with van der Waals surface area (Å²) in [5.74, 6) is -1.94. The van der Waals surface area contributed by atoms with Crippen LogP contribution in [0.15, 0.2) is 0 Å². The van der Waals surface area contributed by atoms with Crippen LogP contribution in [0.25, 0.3) is 0 Å². The number of morpholine rings is 1. The molecule has 6 heteroatoms.